The summed E-state index contributed by atoms with van der Waals surface area (Å²) in [4.78, 5) is 2.45. The molecule has 2 heterocycles. The fraction of sp³-hybridized carbons (Fsp3) is 0.857. The molecule has 9 heavy (non-hydrogen) atoms. The molecule has 0 aromatic carbocycles. The monoisotopic (exact) mass is 126 g/mol. The highest BCUT2D eigenvalue weighted by molar-refractivity contribution is 5.18. The maximum Gasteiger partial charge on any atom is 0.0641 e. The number of rotatable bonds is 1. The van der Waals surface area contributed by atoms with E-state index >= 15 is 0 Å². The summed E-state index contributed by atoms with van der Waals surface area (Å²) in [5.74, 6) is 0. The minimum atomic E-state index is 0.712. The van der Waals surface area contributed by atoms with Gasteiger partial charge in [-0.3, -0.25) is 4.90 Å². The van der Waals surface area contributed by atoms with Crippen molar-refractivity contribution >= 4 is 0 Å². The van der Waals surface area contributed by atoms with Gasteiger partial charge in [0.15, 0.2) is 0 Å². The Morgan fingerprint density at radius 1 is 1.78 bits per heavy atom. The first-order valence-electron chi connectivity index (χ1n) is 3.63. The van der Waals surface area contributed by atoms with E-state index in [1.165, 1.54) is 6.42 Å². The molecule has 2 saturated heterocycles. The van der Waals surface area contributed by atoms with Crippen molar-refractivity contribution in [3.63, 3.8) is 0 Å². The number of morpholine rings is 1. The largest absolute Gasteiger partial charge is 0.378 e. The summed E-state index contributed by atoms with van der Waals surface area (Å²) < 4.78 is 5.29. The van der Waals surface area contributed by atoms with Crippen LogP contribution in [0.3, 0.4) is 0 Å². The normalized spacial score (nSPS) is 42.3. The molecule has 0 saturated carbocycles. The molecule has 2 aliphatic rings. The predicted molar refractivity (Wildman–Crippen MR) is 34.8 cm³/mol. The molecule has 2 fully saturated rings. The molecule has 0 aliphatic carbocycles. The van der Waals surface area contributed by atoms with E-state index < -0.39 is 0 Å². The van der Waals surface area contributed by atoms with Crippen LogP contribution in [0.5, 0.6) is 0 Å². The summed E-state index contributed by atoms with van der Waals surface area (Å²) in [6, 6.07) is 2.32. The second kappa shape index (κ2) is 1.96. The molecule has 0 aromatic rings. The van der Waals surface area contributed by atoms with Gasteiger partial charge in [0, 0.05) is 6.54 Å². The van der Waals surface area contributed by atoms with Gasteiger partial charge in [0.05, 0.1) is 25.3 Å². The van der Waals surface area contributed by atoms with E-state index in [0.717, 1.165) is 19.8 Å². The number of nitrogens with zero attached hydrogens (tertiary/aromatic N) is 1. The smallest absolute Gasteiger partial charge is 0.0641 e. The highest BCUT2D eigenvalue weighted by atomic mass is 16.5. The Balaban J connectivity index is 1.91. The molecular formula is C7H12NO. The van der Waals surface area contributed by atoms with Crippen LogP contribution in [0.25, 0.3) is 0 Å². The number of fused-ring (bicyclic) bond motifs is 1. The molecule has 2 aliphatic heterocycles. The van der Waals surface area contributed by atoms with Crippen molar-refractivity contribution in [1.82, 2.24) is 4.90 Å². The summed E-state index contributed by atoms with van der Waals surface area (Å²) in [6.45, 7) is 5.23. The van der Waals surface area contributed by atoms with E-state index in [1.54, 1.807) is 6.04 Å². The maximum absolute atomic E-state index is 5.29. The van der Waals surface area contributed by atoms with E-state index in [0.29, 0.717) is 6.04 Å². The first-order valence-corrected chi connectivity index (χ1v) is 3.63. The summed E-state index contributed by atoms with van der Waals surface area (Å²) in [5, 5.41) is 0. The van der Waals surface area contributed by atoms with Crippen LogP contribution in [-0.2, 0) is 4.74 Å². The van der Waals surface area contributed by atoms with Crippen molar-refractivity contribution in [3.05, 3.63) is 6.04 Å². The molecule has 2 rings (SSSR count). The predicted octanol–water partition coefficient (Wildman–Crippen LogP) is 0.643. The molecule has 2 nitrogen and oxygen atoms in total. The van der Waals surface area contributed by atoms with Crippen LogP contribution < -0.4 is 0 Å². The molecular weight excluding hydrogens is 114 g/mol. The number of ether oxygens (including phenoxy) is 1. The van der Waals surface area contributed by atoms with Crippen LogP contribution in [0.4, 0.5) is 0 Å². The van der Waals surface area contributed by atoms with Crippen LogP contribution in [0.15, 0.2) is 0 Å². The van der Waals surface area contributed by atoms with E-state index in [1.807, 2.05) is 0 Å². The summed E-state index contributed by atoms with van der Waals surface area (Å²) in [6.07, 6.45) is 1.22. The third-order valence-electron chi connectivity index (χ3n) is 2.18. The van der Waals surface area contributed by atoms with Crippen LogP contribution >= 0.6 is 0 Å². The van der Waals surface area contributed by atoms with Gasteiger partial charge >= 0.3 is 0 Å². The lowest BCUT2D eigenvalue weighted by atomic mass is 10.3. The highest BCUT2D eigenvalue weighted by Gasteiger charge is 2.48. The Hall–Kier alpha value is -0.0800. The van der Waals surface area contributed by atoms with Gasteiger partial charge < -0.3 is 4.74 Å². The minimum absolute atomic E-state index is 0.712. The standard InChI is InChI=1S/C7H12NO/c1-2-6-7-5-9-4-3-8(6)7/h7H,2-5H2,1H3. The average molecular weight is 126 g/mol. The zero-order valence-electron chi connectivity index (χ0n) is 5.76. The maximum atomic E-state index is 5.29. The van der Waals surface area contributed by atoms with E-state index in [4.69, 9.17) is 4.74 Å². The topological polar surface area (TPSA) is 12.2 Å². The van der Waals surface area contributed by atoms with Crippen LogP contribution in [-0.4, -0.2) is 30.7 Å². The van der Waals surface area contributed by atoms with Gasteiger partial charge in [-0.2, -0.15) is 0 Å². The third-order valence-corrected chi connectivity index (χ3v) is 2.18. The summed E-state index contributed by atoms with van der Waals surface area (Å²) in [7, 11) is 0. The van der Waals surface area contributed by atoms with Crippen LogP contribution in [0.1, 0.15) is 13.3 Å². The van der Waals surface area contributed by atoms with Crippen molar-refractivity contribution < 1.29 is 4.74 Å². The zero-order valence-corrected chi connectivity index (χ0v) is 5.76. The molecule has 51 valence electrons. The Kier molecular flexibility index (Phi) is 1.24. The van der Waals surface area contributed by atoms with E-state index in [2.05, 4.69) is 11.8 Å². The first kappa shape index (κ1) is 5.69. The SMILES string of the molecule is CC[C]1C2COCCN12. The minimum Gasteiger partial charge on any atom is -0.378 e. The summed E-state index contributed by atoms with van der Waals surface area (Å²) >= 11 is 0. The van der Waals surface area contributed by atoms with Crippen LogP contribution in [0, 0.1) is 6.04 Å². The lowest BCUT2D eigenvalue weighted by Gasteiger charge is -2.09. The molecule has 1 radical (unpaired) electrons. The van der Waals surface area contributed by atoms with Gasteiger partial charge in [-0.15, -0.1) is 0 Å². The fourth-order valence-electron chi connectivity index (χ4n) is 1.62. The number of hydrogen-bond acceptors (Lipinski definition) is 2. The molecule has 0 bridgehead atoms. The van der Waals surface area contributed by atoms with Gasteiger partial charge in [0.25, 0.3) is 0 Å². The molecule has 2 heteroatoms. The van der Waals surface area contributed by atoms with Gasteiger partial charge in [-0.1, -0.05) is 6.92 Å². The zero-order chi connectivity index (χ0) is 6.27. The summed E-state index contributed by atoms with van der Waals surface area (Å²) in [5.41, 5.74) is 0. The van der Waals surface area contributed by atoms with Gasteiger partial charge in [-0.25, -0.2) is 0 Å². The molecule has 0 amide bonds. The Morgan fingerprint density at radius 2 is 2.67 bits per heavy atom. The number of hydrogen-bond donors (Lipinski definition) is 0. The molecule has 0 spiro atoms. The fourth-order valence-corrected chi connectivity index (χ4v) is 1.62. The van der Waals surface area contributed by atoms with Crippen LogP contribution in [0.2, 0.25) is 0 Å². The molecule has 0 N–H and O–H groups in total. The van der Waals surface area contributed by atoms with E-state index in [9.17, 15) is 0 Å². The second-order valence-electron chi connectivity index (χ2n) is 2.63. The highest BCUT2D eigenvalue weighted by Crippen LogP contribution is 2.40. The second-order valence-corrected chi connectivity index (χ2v) is 2.63. The lowest BCUT2D eigenvalue weighted by molar-refractivity contribution is 0.0875. The Bertz CT molecular complexity index is 96.7. The lowest BCUT2D eigenvalue weighted by Crippen LogP contribution is -2.20. The quantitative estimate of drug-likeness (QED) is 0.478. The van der Waals surface area contributed by atoms with Gasteiger partial charge in [0.2, 0.25) is 0 Å². The molecule has 0 aromatic heterocycles. The first-order chi connectivity index (χ1) is 4.43. The van der Waals surface area contributed by atoms with Crippen molar-refractivity contribution in [3.8, 4) is 0 Å². The molecule has 2 atom stereocenters. The van der Waals surface area contributed by atoms with Gasteiger partial charge in [0.1, 0.15) is 0 Å². The average Bonchev–Trinajstić information content (AvgIpc) is 2.60. The van der Waals surface area contributed by atoms with Crippen molar-refractivity contribution in [2.75, 3.05) is 19.8 Å². The van der Waals surface area contributed by atoms with Crippen molar-refractivity contribution in [1.29, 1.82) is 0 Å². The van der Waals surface area contributed by atoms with E-state index in [-0.39, 0.29) is 0 Å². The van der Waals surface area contributed by atoms with Crippen molar-refractivity contribution in [2.24, 2.45) is 0 Å². The third kappa shape index (κ3) is 0.775. The Morgan fingerprint density at radius 3 is 3.22 bits per heavy atom. The van der Waals surface area contributed by atoms with Gasteiger partial charge in [-0.05, 0) is 6.42 Å². The van der Waals surface area contributed by atoms with Crippen molar-refractivity contribution in [2.45, 2.75) is 19.4 Å². The Labute approximate surface area is 55.8 Å². The molecule has 2 unspecified atom stereocenters.